The van der Waals surface area contributed by atoms with E-state index in [1.165, 1.54) is 0 Å². The van der Waals surface area contributed by atoms with Gasteiger partial charge in [0.25, 0.3) is 0 Å². The molecule has 0 aromatic carbocycles. The maximum atomic E-state index is 11.0. The van der Waals surface area contributed by atoms with Gasteiger partial charge in [0.15, 0.2) is 0 Å². The largest absolute Gasteiger partial charge is 2.00 e. The van der Waals surface area contributed by atoms with Crippen LogP contribution >= 0.6 is 7.60 Å². The average Bonchev–Trinajstić information content (AvgIpc) is 2.32. The van der Waals surface area contributed by atoms with Crippen molar-refractivity contribution in [2.24, 2.45) is 0 Å². The van der Waals surface area contributed by atoms with Gasteiger partial charge in [0.2, 0.25) is 0 Å². The summed E-state index contributed by atoms with van der Waals surface area (Å²) in [5.74, 6) is 0. The number of nitrogens with one attached hydrogen (secondary N) is 3. The van der Waals surface area contributed by atoms with Gasteiger partial charge in [0, 0.05) is 26.2 Å². The molecule has 1 unspecified atom stereocenters. The molecule has 0 amide bonds. The van der Waals surface area contributed by atoms with Crippen LogP contribution in [0.1, 0.15) is 12.8 Å². The average molecular weight is 455 g/mol. The molecule has 0 aromatic heterocycles. The fourth-order valence-electron chi connectivity index (χ4n) is 2.06. The van der Waals surface area contributed by atoms with Crippen LogP contribution in [0.15, 0.2) is 0 Å². The minimum atomic E-state index is -4.21. The maximum absolute atomic E-state index is 11.0. The van der Waals surface area contributed by atoms with E-state index in [2.05, 4.69) is 16.0 Å². The van der Waals surface area contributed by atoms with Gasteiger partial charge in [-0.05, 0) is 39.0 Å². The van der Waals surface area contributed by atoms with Crippen LogP contribution in [0.4, 0.5) is 0 Å². The van der Waals surface area contributed by atoms with Crippen LogP contribution in [0.2, 0.25) is 0 Å². The van der Waals surface area contributed by atoms with E-state index in [1.807, 2.05) is 0 Å². The summed E-state index contributed by atoms with van der Waals surface area (Å²) >= 11 is 0. The van der Waals surface area contributed by atoms with Crippen molar-refractivity contribution >= 4 is 7.60 Å². The molecule has 0 spiro atoms. The number of hydrogen-bond acceptors (Lipinski definition) is 6. The van der Waals surface area contributed by atoms with E-state index in [0.717, 1.165) is 52.1 Å². The van der Waals surface area contributed by atoms with Gasteiger partial charge in [-0.1, -0.05) is 0 Å². The second-order valence-corrected chi connectivity index (χ2v) is 6.41. The molecule has 8 nitrogen and oxygen atoms in total. The zero-order valence-electron chi connectivity index (χ0n) is 12.6. The second-order valence-electron chi connectivity index (χ2n) is 4.85. The summed E-state index contributed by atoms with van der Waals surface area (Å²) in [6, 6.07) is 0. The molecule has 0 aliphatic carbocycles. The molecule has 1 rings (SSSR count). The third-order valence-electron chi connectivity index (χ3n) is 3.00. The Morgan fingerprint density at radius 2 is 1.45 bits per heavy atom. The van der Waals surface area contributed by atoms with Crippen molar-refractivity contribution in [3.05, 3.63) is 0 Å². The third-order valence-corrected chi connectivity index (χ3v) is 3.75. The van der Waals surface area contributed by atoms with Crippen molar-refractivity contribution in [1.82, 2.24) is 20.9 Å². The second kappa shape index (κ2) is 16.8. The van der Waals surface area contributed by atoms with Gasteiger partial charge >= 0.3 is 17.1 Å². The first-order valence-electron chi connectivity index (χ1n) is 6.95. The van der Waals surface area contributed by atoms with Gasteiger partial charge in [-0.15, -0.1) is 0 Å². The molecule has 139 valence electrons. The van der Waals surface area contributed by atoms with Crippen LogP contribution in [0, 0.1) is 0 Å². The molecule has 1 heterocycles. The standard InChI is InChI=1S/C11H27N4O3P.BrH.Cu.H2O/c16-19(17,18)11-15-9-2-5-13-7-6-12-3-1-4-14-8-10-15;;;/h12-14H,1-11H2,(H2,16,17,18);1H;;1H2/q;;+2;/p-2. The van der Waals surface area contributed by atoms with Crippen molar-refractivity contribution in [3.8, 4) is 0 Å². The predicted octanol–water partition coefficient (Wildman–Crippen LogP) is -5.47. The van der Waals surface area contributed by atoms with Crippen LogP contribution in [0.3, 0.4) is 0 Å². The van der Waals surface area contributed by atoms with E-state index in [0.29, 0.717) is 13.1 Å². The Bertz CT molecular complexity index is 275. The number of halogens is 1. The zero-order valence-corrected chi connectivity index (χ0v) is 16.0. The van der Waals surface area contributed by atoms with E-state index in [9.17, 15) is 9.46 Å². The van der Waals surface area contributed by atoms with Crippen molar-refractivity contribution in [2.45, 2.75) is 12.8 Å². The van der Waals surface area contributed by atoms with Gasteiger partial charge < -0.3 is 52.8 Å². The summed E-state index contributed by atoms with van der Waals surface area (Å²) in [6.45, 7) is 6.71. The first-order valence-corrected chi connectivity index (χ1v) is 8.71. The topological polar surface area (TPSA) is 131 Å². The molecule has 1 radical (unpaired) electrons. The third kappa shape index (κ3) is 17.3. The Morgan fingerprint density at radius 3 is 2.00 bits per heavy atom. The first-order chi connectivity index (χ1) is 9.08. The molecule has 1 aliphatic heterocycles. The molecule has 1 fully saturated rings. The SMILES string of the molecule is O.O=P([O-])(O)CN1CCCNCCNCCCNCC1.[Br-].[Cu+2]. The van der Waals surface area contributed by atoms with Gasteiger partial charge in [-0.3, -0.25) is 4.90 Å². The van der Waals surface area contributed by atoms with Gasteiger partial charge in [-0.25, -0.2) is 0 Å². The number of rotatable bonds is 2. The fourth-order valence-corrected chi connectivity index (χ4v) is 2.85. The Balaban J connectivity index is -0.00000120. The minimum absolute atomic E-state index is 0. The molecule has 0 saturated carbocycles. The molecule has 0 aromatic rings. The molecule has 1 atom stereocenters. The Morgan fingerprint density at radius 1 is 0.955 bits per heavy atom. The van der Waals surface area contributed by atoms with E-state index in [1.54, 1.807) is 4.90 Å². The summed E-state index contributed by atoms with van der Waals surface area (Å²) in [7, 11) is -4.21. The van der Waals surface area contributed by atoms with Crippen LogP contribution in [0.25, 0.3) is 0 Å². The predicted molar refractivity (Wildman–Crippen MR) is 77.7 cm³/mol. The monoisotopic (exact) mass is 453 g/mol. The van der Waals surface area contributed by atoms with Gasteiger partial charge in [-0.2, -0.15) is 0 Å². The smallest absolute Gasteiger partial charge is 1.00 e. The Kier molecular flexibility index (Phi) is 21.2. The number of hydrogen-bond donors (Lipinski definition) is 4. The van der Waals surface area contributed by atoms with E-state index >= 15 is 0 Å². The van der Waals surface area contributed by atoms with Crippen LogP contribution in [0.5, 0.6) is 0 Å². The molecule has 6 N–H and O–H groups in total. The Labute approximate surface area is 153 Å². The molecule has 1 aliphatic rings. The van der Waals surface area contributed by atoms with Crippen LogP contribution in [-0.2, 0) is 21.6 Å². The zero-order chi connectivity index (χ0) is 14.0. The molecule has 11 heteroatoms. The van der Waals surface area contributed by atoms with Crippen LogP contribution in [-0.4, -0.2) is 73.9 Å². The number of nitrogens with zero attached hydrogens (tertiary/aromatic N) is 1. The minimum Gasteiger partial charge on any atom is -1.00 e. The summed E-state index contributed by atoms with van der Waals surface area (Å²) in [5.41, 5.74) is 0. The first kappa shape index (κ1) is 27.8. The van der Waals surface area contributed by atoms with E-state index < -0.39 is 7.60 Å². The van der Waals surface area contributed by atoms with Crippen molar-refractivity contribution in [3.63, 3.8) is 0 Å². The van der Waals surface area contributed by atoms with E-state index in [4.69, 9.17) is 4.89 Å². The quantitative estimate of drug-likeness (QED) is 0.242. The van der Waals surface area contributed by atoms with Crippen LogP contribution < -0.4 is 37.8 Å². The molecule has 22 heavy (non-hydrogen) atoms. The summed E-state index contributed by atoms with van der Waals surface area (Å²) in [4.78, 5) is 21.7. The normalized spacial score (nSPS) is 21.9. The van der Waals surface area contributed by atoms with Gasteiger partial charge in [0.05, 0.1) is 6.29 Å². The van der Waals surface area contributed by atoms with E-state index in [-0.39, 0.29) is 45.8 Å². The van der Waals surface area contributed by atoms with Crippen molar-refractivity contribution in [2.75, 3.05) is 58.6 Å². The summed E-state index contributed by atoms with van der Waals surface area (Å²) < 4.78 is 11.0. The van der Waals surface area contributed by atoms with Gasteiger partial charge in [0.1, 0.15) is 7.60 Å². The molecular formula is C11H28BrCuN4O4P. The molecule has 0 bridgehead atoms. The summed E-state index contributed by atoms with van der Waals surface area (Å²) in [5, 5.41) is 9.95. The molecule has 1 saturated heterocycles. The maximum Gasteiger partial charge on any atom is 2.00 e. The Hall–Kier alpha value is 0.949. The fraction of sp³-hybridized carbons (Fsp3) is 1.00. The van der Waals surface area contributed by atoms with Crippen molar-refractivity contribution in [1.29, 1.82) is 0 Å². The molecular weight excluding hydrogens is 427 g/mol. The summed E-state index contributed by atoms with van der Waals surface area (Å²) in [6.07, 6.45) is 1.68. The van der Waals surface area contributed by atoms with Crippen molar-refractivity contribution < 1.29 is 53.9 Å².